The van der Waals surface area contributed by atoms with E-state index in [0.717, 1.165) is 42.2 Å². The van der Waals surface area contributed by atoms with Crippen LogP contribution in [0.5, 0.6) is 0 Å². The van der Waals surface area contributed by atoms with Crippen LogP contribution >= 0.6 is 0 Å². The molecule has 0 bridgehead atoms. The summed E-state index contributed by atoms with van der Waals surface area (Å²) in [6.07, 6.45) is 5.69. The normalized spacial score (nSPS) is 10.7. The first-order valence-electron chi connectivity index (χ1n) is 5.91. The number of aromatic amines is 1. The molecule has 2 N–H and O–H groups in total. The molecule has 17 heavy (non-hydrogen) atoms. The SMILES string of the molecule is CNCCCc1nc(-c2cccnc2)c(C)[nH]1. The number of aromatic nitrogens is 3. The fraction of sp³-hybridized carbons (Fsp3) is 0.385. The Balaban J connectivity index is 2.14. The van der Waals surface area contributed by atoms with Crippen molar-refractivity contribution in [1.29, 1.82) is 0 Å². The van der Waals surface area contributed by atoms with E-state index < -0.39 is 0 Å². The summed E-state index contributed by atoms with van der Waals surface area (Å²) in [6, 6.07) is 3.97. The highest BCUT2D eigenvalue weighted by atomic mass is 14.9. The number of imidazole rings is 1. The molecule has 0 aliphatic rings. The van der Waals surface area contributed by atoms with E-state index >= 15 is 0 Å². The highest BCUT2D eigenvalue weighted by Gasteiger charge is 2.08. The number of aryl methyl sites for hydroxylation is 2. The van der Waals surface area contributed by atoms with Gasteiger partial charge in [-0.3, -0.25) is 4.98 Å². The Morgan fingerprint density at radius 1 is 1.41 bits per heavy atom. The van der Waals surface area contributed by atoms with Gasteiger partial charge in [0.15, 0.2) is 0 Å². The van der Waals surface area contributed by atoms with Crippen molar-refractivity contribution in [3.63, 3.8) is 0 Å². The van der Waals surface area contributed by atoms with Crippen molar-refractivity contribution in [2.75, 3.05) is 13.6 Å². The molecule has 90 valence electrons. The Kier molecular flexibility index (Phi) is 3.88. The lowest BCUT2D eigenvalue weighted by Gasteiger charge is -1.96. The minimum atomic E-state index is 0.974. The maximum Gasteiger partial charge on any atom is 0.107 e. The largest absolute Gasteiger partial charge is 0.346 e. The Labute approximate surface area is 102 Å². The molecule has 0 atom stereocenters. The third-order valence-electron chi connectivity index (χ3n) is 2.71. The number of pyridine rings is 1. The van der Waals surface area contributed by atoms with Crippen molar-refractivity contribution in [3.8, 4) is 11.3 Å². The van der Waals surface area contributed by atoms with Crippen LogP contribution in [0.2, 0.25) is 0 Å². The molecule has 4 heteroatoms. The Morgan fingerprint density at radius 3 is 3.00 bits per heavy atom. The van der Waals surface area contributed by atoms with Crippen LogP contribution in [0.25, 0.3) is 11.3 Å². The summed E-state index contributed by atoms with van der Waals surface area (Å²) in [4.78, 5) is 12.1. The third-order valence-corrected chi connectivity index (χ3v) is 2.71. The summed E-state index contributed by atoms with van der Waals surface area (Å²) < 4.78 is 0. The lowest BCUT2D eigenvalue weighted by atomic mass is 10.2. The molecule has 0 radical (unpaired) electrons. The van der Waals surface area contributed by atoms with Crippen molar-refractivity contribution in [3.05, 3.63) is 36.0 Å². The fourth-order valence-corrected chi connectivity index (χ4v) is 1.86. The molecule has 2 heterocycles. The summed E-state index contributed by atoms with van der Waals surface area (Å²) in [7, 11) is 1.97. The van der Waals surface area contributed by atoms with Gasteiger partial charge in [0, 0.05) is 30.1 Å². The molecule has 0 saturated heterocycles. The Bertz CT molecular complexity index is 462. The van der Waals surface area contributed by atoms with Crippen LogP contribution in [0.1, 0.15) is 17.9 Å². The Hall–Kier alpha value is -1.68. The van der Waals surface area contributed by atoms with Crippen LogP contribution in [-0.2, 0) is 6.42 Å². The standard InChI is InChI=1S/C13H18N4/c1-10-13(11-5-3-8-15-9-11)17-12(16-10)6-4-7-14-2/h3,5,8-9,14H,4,6-7H2,1-2H3,(H,16,17). The fourth-order valence-electron chi connectivity index (χ4n) is 1.86. The number of hydrogen-bond acceptors (Lipinski definition) is 3. The second-order valence-corrected chi connectivity index (χ2v) is 4.11. The van der Waals surface area contributed by atoms with E-state index in [1.807, 2.05) is 25.4 Å². The van der Waals surface area contributed by atoms with Crippen molar-refractivity contribution >= 4 is 0 Å². The van der Waals surface area contributed by atoms with Gasteiger partial charge in [-0.25, -0.2) is 4.98 Å². The number of rotatable bonds is 5. The van der Waals surface area contributed by atoms with Gasteiger partial charge in [-0.05, 0) is 39.1 Å². The zero-order chi connectivity index (χ0) is 12.1. The van der Waals surface area contributed by atoms with Crippen LogP contribution in [0.4, 0.5) is 0 Å². The van der Waals surface area contributed by atoms with E-state index in [9.17, 15) is 0 Å². The zero-order valence-electron chi connectivity index (χ0n) is 10.3. The molecule has 0 unspecified atom stereocenters. The lowest BCUT2D eigenvalue weighted by Crippen LogP contribution is -2.08. The van der Waals surface area contributed by atoms with Crippen LogP contribution in [0, 0.1) is 6.92 Å². The third kappa shape index (κ3) is 2.91. The summed E-state index contributed by atoms with van der Waals surface area (Å²) in [5, 5.41) is 3.14. The van der Waals surface area contributed by atoms with E-state index in [2.05, 4.69) is 27.2 Å². The summed E-state index contributed by atoms with van der Waals surface area (Å²) >= 11 is 0. The molecule has 0 aliphatic carbocycles. The molecule has 0 spiro atoms. The maximum atomic E-state index is 4.63. The summed E-state index contributed by atoms with van der Waals surface area (Å²) in [5.41, 5.74) is 3.19. The minimum Gasteiger partial charge on any atom is -0.346 e. The topological polar surface area (TPSA) is 53.6 Å². The van der Waals surface area contributed by atoms with E-state index in [1.54, 1.807) is 6.20 Å². The van der Waals surface area contributed by atoms with Crippen LogP contribution in [-0.4, -0.2) is 28.5 Å². The lowest BCUT2D eigenvalue weighted by molar-refractivity contribution is 0.707. The van der Waals surface area contributed by atoms with Gasteiger partial charge in [-0.1, -0.05) is 0 Å². The second kappa shape index (κ2) is 5.59. The smallest absolute Gasteiger partial charge is 0.107 e. The molecule has 0 saturated carbocycles. The van der Waals surface area contributed by atoms with Gasteiger partial charge in [0.1, 0.15) is 5.82 Å². The number of H-pyrrole nitrogens is 1. The van der Waals surface area contributed by atoms with E-state index in [4.69, 9.17) is 0 Å². The second-order valence-electron chi connectivity index (χ2n) is 4.11. The molecular weight excluding hydrogens is 212 g/mol. The molecule has 0 amide bonds. The van der Waals surface area contributed by atoms with Crippen molar-refractivity contribution in [2.45, 2.75) is 19.8 Å². The van der Waals surface area contributed by atoms with Crippen LogP contribution in [0.15, 0.2) is 24.5 Å². The summed E-state index contributed by atoms with van der Waals surface area (Å²) in [6.45, 7) is 3.07. The number of nitrogens with zero attached hydrogens (tertiary/aromatic N) is 2. The minimum absolute atomic E-state index is 0.974. The first-order valence-corrected chi connectivity index (χ1v) is 5.91. The zero-order valence-corrected chi connectivity index (χ0v) is 10.3. The van der Waals surface area contributed by atoms with Gasteiger partial charge in [-0.15, -0.1) is 0 Å². The number of hydrogen-bond donors (Lipinski definition) is 2. The van der Waals surface area contributed by atoms with Gasteiger partial charge in [0.05, 0.1) is 5.69 Å². The molecule has 0 aliphatic heterocycles. The molecule has 2 rings (SSSR count). The van der Waals surface area contributed by atoms with Gasteiger partial charge < -0.3 is 10.3 Å². The molecular formula is C13H18N4. The number of nitrogens with one attached hydrogen (secondary N) is 2. The van der Waals surface area contributed by atoms with E-state index in [0.29, 0.717) is 0 Å². The van der Waals surface area contributed by atoms with Gasteiger partial charge in [-0.2, -0.15) is 0 Å². The van der Waals surface area contributed by atoms with Crippen LogP contribution in [0.3, 0.4) is 0 Å². The molecule has 0 fully saturated rings. The van der Waals surface area contributed by atoms with E-state index in [1.165, 1.54) is 0 Å². The van der Waals surface area contributed by atoms with Crippen LogP contribution < -0.4 is 5.32 Å². The molecule has 0 aromatic carbocycles. The van der Waals surface area contributed by atoms with Crippen molar-refractivity contribution in [2.24, 2.45) is 0 Å². The van der Waals surface area contributed by atoms with Gasteiger partial charge >= 0.3 is 0 Å². The average Bonchev–Trinajstić information content (AvgIpc) is 2.72. The molecule has 4 nitrogen and oxygen atoms in total. The van der Waals surface area contributed by atoms with Crippen molar-refractivity contribution in [1.82, 2.24) is 20.3 Å². The Morgan fingerprint density at radius 2 is 2.29 bits per heavy atom. The molecule has 2 aromatic heterocycles. The maximum absolute atomic E-state index is 4.63. The van der Waals surface area contributed by atoms with Gasteiger partial charge in [0.2, 0.25) is 0 Å². The highest BCUT2D eigenvalue weighted by Crippen LogP contribution is 2.20. The van der Waals surface area contributed by atoms with E-state index in [-0.39, 0.29) is 0 Å². The quantitative estimate of drug-likeness (QED) is 0.772. The first-order chi connectivity index (χ1) is 8.31. The monoisotopic (exact) mass is 230 g/mol. The summed E-state index contributed by atoms with van der Waals surface area (Å²) in [5.74, 6) is 1.05. The average molecular weight is 230 g/mol. The van der Waals surface area contributed by atoms with Gasteiger partial charge in [0.25, 0.3) is 0 Å². The van der Waals surface area contributed by atoms with Crippen molar-refractivity contribution < 1.29 is 0 Å². The molecule has 2 aromatic rings. The first kappa shape index (κ1) is 11.8. The predicted octanol–water partition coefficient (Wildman–Crippen LogP) is 1.93. The predicted molar refractivity (Wildman–Crippen MR) is 68.8 cm³/mol. The highest BCUT2D eigenvalue weighted by molar-refractivity contribution is 5.60.